The number of alkyl halides is 2. The molecular formula is C23H17F4N7. The minimum absolute atomic E-state index is 0.0207. The summed E-state index contributed by atoms with van der Waals surface area (Å²) in [5.41, 5.74) is -0.409. The second kappa shape index (κ2) is 8.60. The Morgan fingerprint density at radius 3 is 2.65 bits per heavy atom. The first-order valence-electron chi connectivity index (χ1n) is 10.0. The van der Waals surface area contributed by atoms with Crippen molar-refractivity contribution < 1.29 is 17.6 Å². The molecule has 0 spiro atoms. The second-order valence-electron chi connectivity index (χ2n) is 8.05. The SMILES string of the molecule is Cn1nnc2nc(N(CC(F)F)c3cc(F)cc(C#CC(C)(C)C#N)c3)c3c(F)cncc3c21. The topological polar surface area (TPSA) is 83.5 Å². The van der Waals surface area contributed by atoms with E-state index in [1.165, 1.54) is 16.9 Å². The third-order valence-electron chi connectivity index (χ3n) is 4.97. The Morgan fingerprint density at radius 2 is 1.94 bits per heavy atom. The molecule has 7 nitrogen and oxygen atoms in total. The number of rotatable bonds is 4. The predicted molar refractivity (Wildman–Crippen MR) is 117 cm³/mol. The molecule has 1 aromatic carbocycles. The van der Waals surface area contributed by atoms with E-state index in [1.54, 1.807) is 20.9 Å². The summed E-state index contributed by atoms with van der Waals surface area (Å²) in [4.78, 5) is 9.17. The molecule has 0 bridgehead atoms. The van der Waals surface area contributed by atoms with Gasteiger partial charge in [0.05, 0.1) is 24.2 Å². The van der Waals surface area contributed by atoms with Crippen molar-refractivity contribution in [1.82, 2.24) is 25.0 Å². The highest BCUT2D eigenvalue weighted by Gasteiger charge is 2.25. The smallest absolute Gasteiger partial charge is 0.256 e. The summed E-state index contributed by atoms with van der Waals surface area (Å²) in [5.74, 6) is 3.68. The van der Waals surface area contributed by atoms with Gasteiger partial charge >= 0.3 is 0 Å². The van der Waals surface area contributed by atoms with Crippen LogP contribution in [0.1, 0.15) is 19.4 Å². The van der Waals surface area contributed by atoms with Crippen LogP contribution in [0.5, 0.6) is 0 Å². The molecule has 4 rings (SSSR count). The van der Waals surface area contributed by atoms with E-state index in [4.69, 9.17) is 5.26 Å². The van der Waals surface area contributed by atoms with E-state index >= 15 is 0 Å². The highest BCUT2D eigenvalue weighted by Crippen LogP contribution is 2.36. The van der Waals surface area contributed by atoms with Crippen LogP contribution in [-0.4, -0.2) is 37.9 Å². The van der Waals surface area contributed by atoms with Crippen molar-refractivity contribution in [2.45, 2.75) is 20.3 Å². The number of hydrogen-bond donors (Lipinski definition) is 0. The standard InChI is InChI=1S/C23H17F4N7/c1-23(2,12-28)5-4-13-6-14(24)8-15(7-13)34(11-18(26)27)22-19-16(9-29-10-17(19)25)20-21(30-22)31-32-33(20)3/h6-10,18H,11H2,1-3H3. The van der Waals surface area contributed by atoms with Crippen LogP contribution in [0.25, 0.3) is 21.9 Å². The lowest BCUT2D eigenvalue weighted by Crippen LogP contribution is -2.25. The van der Waals surface area contributed by atoms with E-state index in [2.05, 4.69) is 32.1 Å². The van der Waals surface area contributed by atoms with Gasteiger partial charge in [-0.25, -0.2) is 27.2 Å². The Kier molecular flexibility index (Phi) is 5.80. The number of fused-ring (bicyclic) bond motifs is 3. The van der Waals surface area contributed by atoms with Gasteiger partial charge in [-0.1, -0.05) is 17.1 Å². The van der Waals surface area contributed by atoms with Gasteiger partial charge in [-0.05, 0) is 32.0 Å². The number of nitriles is 1. The third kappa shape index (κ3) is 4.33. The molecule has 0 N–H and O–H groups in total. The molecule has 3 aromatic heterocycles. The molecule has 0 unspecified atom stereocenters. The summed E-state index contributed by atoms with van der Waals surface area (Å²) < 4.78 is 58.2. The van der Waals surface area contributed by atoms with Crippen LogP contribution in [0.3, 0.4) is 0 Å². The molecule has 0 atom stereocenters. The van der Waals surface area contributed by atoms with Gasteiger partial charge in [0.1, 0.15) is 22.6 Å². The summed E-state index contributed by atoms with van der Waals surface area (Å²) >= 11 is 0. The van der Waals surface area contributed by atoms with Crippen LogP contribution in [0.4, 0.5) is 29.1 Å². The summed E-state index contributed by atoms with van der Waals surface area (Å²) in [5, 5.41) is 17.1. The van der Waals surface area contributed by atoms with Gasteiger partial charge in [0, 0.05) is 29.9 Å². The molecule has 11 heteroatoms. The Morgan fingerprint density at radius 1 is 1.18 bits per heavy atom. The lowest BCUT2D eigenvalue weighted by Gasteiger charge is -2.25. The van der Waals surface area contributed by atoms with Gasteiger partial charge in [0.25, 0.3) is 6.43 Å². The van der Waals surface area contributed by atoms with E-state index in [0.717, 1.165) is 23.2 Å². The van der Waals surface area contributed by atoms with Gasteiger partial charge in [0.2, 0.25) is 5.65 Å². The summed E-state index contributed by atoms with van der Waals surface area (Å²) in [6, 6.07) is 5.53. The highest BCUT2D eigenvalue weighted by molar-refractivity contribution is 6.08. The maximum absolute atomic E-state index is 15.0. The summed E-state index contributed by atoms with van der Waals surface area (Å²) in [6.07, 6.45) is -0.562. The fraction of sp³-hybridized carbons (Fsp3) is 0.261. The average Bonchev–Trinajstić information content (AvgIpc) is 3.16. The molecule has 0 saturated heterocycles. The van der Waals surface area contributed by atoms with E-state index in [-0.39, 0.29) is 33.5 Å². The van der Waals surface area contributed by atoms with Crippen LogP contribution < -0.4 is 4.90 Å². The molecule has 0 fully saturated rings. The minimum atomic E-state index is -2.87. The molecule has 0 amide bonds. The van der Waals surface area contributed by atoms with Gasteiger partial charge in [-0.15, -0.1) is 5.10 Å². The monoisotopic (exact) mass is 467 g/mol. The Hall–Kier alpha value is -4.25. The second-order valence-corrected chi connectivity index (χ2v) is 8.05. The molecular weight excluding hydrogens is 450 g/mol. The zero-order chi connectivity index (χ0) is 24.6. The lowest BCUT2D eigenvalue weighted by molar-refractivity contribution is 0.158. The first-order valence-corrected chi connectivity index (χ1v) is 10.0. The van der Waals surface area contributed by atoms with Crippen molar-refractivity contribution in [3.05, 3.63) is 47.8 Å². The first kappa shape index (κ1) is 22.9. The van der Waals surface area contributed by atoms with Crippen LogP contribution in [0.2, 0.25) is 0 Å². The predicted octanol–water partition coefficient (Wildman–Crippen LogP) is 4.49. The Bertz CT molecular complexity index is 1510. The van der Waals surface area contributed by atoms with Crippen molar-refractivity contribution in [3.8, 4) is 17.9 Å². The van der Waals surface area contributed by atoms with Crippen molar-refractivity contribution in [3.63, 3.8) is 0 Å². The number of halogens is 4. The summed E-state index contributed by atoms with van der Waals surface area (Å²) in [6.45, 7) is 2.27. The number of benzene rings is 1. The number of aromatic nitrogens is 5. The highest BCUT2D eigenvalue weighted by atomic mass is 19.3. The number of aryl methyl sites for hydroxylation is 1. The zero-order valence-corrected chi connectivity index (χ0v) is 18.3. The molecule has 172 valence electrons. The first-order chi connectivity index (χ1) is 16.1. The van der Waals surface area contributed by atoms with E-state index in [0.29, 0.717) is 5.52 Å². The lowest BCUT2D eigenvalue weighted by atomic mass is 9.96. The molecule has 0 saturated carbocycles. The molecule has 0 radical (unpaired) electrons. The fourth-order valence-corrected chi connectivity index (χ4v) is 3.42. The zero-order valence-electron chi connectivity index (χ0n) is 18.3. The Balaban J connectivity index is 1.98. The third-order valence-corrected chi connectivity index (χ3v) is 4.97. The quantitative estimate of drug-likeness (QED) is 0.325. The van der Waals surface area contributed by atoms with E-state index in [1.807, 2.05) is 6.07 Å². The van der Waals surface area contributed by atoms with Gasteiger partial charge < -0.3 is 4.90 Å². The van der Waals surface area contributed by atoms with Crippen LogP contribution in [0.15, 0.2) is 30.6 Å². The molecule has 4 aromatic rings. The van der Waals surface area contributed by atoms with Gasteiger partial charge in [-0.2, -0.15) is 5.26 Å². The van der Waals surface area contributed by atoms with Gasteiger partial charge in [0.15, 0.2) is 5.82 Å². The number of nitrogens with zero attached hydrogens (tertiary/aromatic N) is 7. The molecule has 0 aliphatic heterocycles. The average molecular weight is 467 g/mol. The largest absolute Gasteiger partial charge is 0.320 e. The maximum atomic E-state index is 15.0. The van der Waals surface area contributed by atoms with Gasteiger partial charge in [-0.3, -0.25) is 4.98 Å². The van der Waals surface area contributed by atoms with Crippen molar-refractivity contribution in [2.24, 2.45) is 12.5 Å². The molecule has 3 heterocycles. The fourth-order valence-electron chi connectivity index (χ4n) is 3.42. The Labute approximate surface area is 191 Å². The maximum Gasteiger partial charge on any atom is 0.256 e. The van der Waals surface area contributed by atoms with E-state index < -0.39 is 30.0 Å². The number of hydrogen-bond acceptors (Lipinski definition) is 6. The van der Waals surface area contributed by atoms with E-state index in [9.17, 15) is 17.6 Å². The molecule has 0 aliphatic rings. The van der Waals surface area contributed by atoms with Crippen LogP contribution in [0, 0.1) is 40.2 Å². The van der Waals surface area contributed by atoms with Crippen LogP contribution >= 0.6 is 0 Å². The molecule has 34 heavy (non-hydrogen) atoms. The van der Waals surface area contributed by atoms with Crippen molar-refractivity contribution in [1.29, 1.82) is 5.26 Å². The van der Waals surface area contributed by atoms with Crippen LogP contribution in [-0.2, 0) is 7.05 Å². The number of pyridine rings is 2. The molecule has 0 aliphatic carbocycles. The normalized spacial score (nSPS) is 11.5. The number of anilines is 2. The van der Waals surface area contributed by atoms with Crippen molar-refractivity contribution >= 4 is 33.4 Å². The van der Waals surface area contributed by atoms with Crippen molar-refractivity contribution in [2.75, 3.05) is 11.4 Å². The summed E-state index contributed by atoms with van der Waals surface area (Å²) in [7, 11) is 1.58. The minimum Gasteiger partial charge on any atom is -0.320 e.